The normalized spacial score (nSPS) is 10.5. The molecular formula is C10H13ClNO. The lowest BCUT2D eigenvalue weighted by atomic mass is 10.3. The predicted molar refractivity (Wildman–Crippen MR) is 54.3 cm³/mol. The number of nitrogens with zero attached hydrogens (tertiary/aromatic N) is 1. The standard InChI is InChI=1S/C10H13ClNO/c1-12(2)7-8-13-10-6-4-3-5-9(10)11/h3-4,6H,7-8H2,1-2H3. The summed E-state index contributed by atoms with van der Waals surface area (Å²) < 4.78 is 5.44. The lowest BCUT2D eigenvalue weighted by Gasteiger charge is -2.11. The molecule has 0 unspecified atom stereocenters. The van der Waals surface area contributed by atoms with Gasteiger partial charge < -0.3 is 9.64 Å². The van der Waals surface area contributed by atoms with E-state index < -0.39 is 0 Å². The zero-order valence-electron chi connectivity index (χ0n) is 7.88. The van der Waals surface area contributed by atoms with Gasteiger partial charge in [0.15, 0.2) is 0 Å². The fourth-order valence-electron chi connectivity index (χ4n) is 0.851. The molecule has 0 aliphatic heterocycles. The molecule has 2 nitrogen and oxygen atoms in total. The van der Waals surface area contributed by atoms with E-state index in [9.17, 15) is 0 Å². The van der Waals surface area contributed by atoms with Crippen molar-refractivity contribution >= 4 is 11.6 Å². The van der Waals surface area contributed by atoms with Gasteiger partial charge in [-0.25, -0.2) is 0 Å². The molecule has 0 aromatic heterocycles. The highest BCUT2D eigenvalue weighted by Crippen LogP contribution is 2.22. The molecule has 0 heterocycles. The fraction of sp³-hybridized carbons (Fsp3) is 0.400. The summed E-state index contributed by atoms with van der Waals surface area (Å²) in [7, 11) is 4.00. The number of ether oxygens (including phenoxy) is 1. The summed E-state index contributed by atoms with van der Waals surface area (Å²) >= 11 is 5.85. The maximum absolute atomic E-state index is 5.85. The third-order valence-corrected chi connectivity index (χ3v) is 1.86. The third-order valence-electron chi connectivity index (χ3n) is 1.57. The molecule has 0 aliphatic rings. The summed E-state index contributed by atoms with van der Waals surface area (Å²) in [5.74, 6) is 0.700. The lowest BCUT2D eigenvalue weighted by Crippen LogP contribution is -2.19. The fourth-order valence-corrected chi connectivity index (χ4v) is 1.03. The van der Waals surface area contributed by atoms with Crippen LogP contribution in [0.5, 0.6) is 5.75 Å². The molecule has 1 aromatic rings. The molecule has 0 fully saturated rings. The molecule has 0 saturated carbocycles. The van der Waals surface area contributed by atoms with Gasteiger partial charge in [0.05, 0.1) is 5.02 Å². The monoisotopic (exact) mass is 198 g/mol. The molecule has 13 heavy (non-hydrogen) atoms. The van der Waals surface area contributed by atoms with Crippen LogP contribution in [0.3, 0.4) is 0 Å². The van der Waals surface area contributed by atoms with E-state index in [2.05, 4.69) is 11.0 Å². The van der Waals surface area contributed by atoms with E-state index in [1.807, 2.05) is 26.2 Å². The second kappa shape index (κ2) is 5.10. The van der Waals surface area contributed by atoms with Gasteiger partial charge in [-0.05, 0) is 20.2 Å². The molecule has 0 aliphatic carbocycles. The van der Waals surface area contributed by atoms with E-state index in [1.165, 1.54) is 0 Å². The highest BCUT2D eigenvalue weighted by molar-refractivity contribution is 6.31. The second-order valence-corrected chi connectivity index (χ2v) is 3.38. The van der Waals surface area contributed by atoms with Crippen LogP contribution >= 0.6 is 11.6 Å². The van der Waals surface area contributed by atoms with Gasteiger partial charge >= 0.3 is 0 Å². The van der Waals surface area contributed by atoms with E-state index in [0.717, 1.165) is 6.54 Å². The van der Waals surface area contributed by atoms with Crippen LogP contribution in [0.4, 0.5) is 0 Å². The van der Waals surface area contributed by atoms with Gasteiger partial charge in [0.2, 0.25) is 0 Å². The van der Waals surface area contributed by atoms with Crippen molar-refractivity contribution in [1.82, 2.24) is 4.90 Å². The molecule has 0 bridgehead atoms. The van der Waals surface area contributed by atoms with Crippen molar-refractivity contribution in [3.8, 4) is 5.75 Å². The third kappa shape index (κ3) is 3.66. The van der Waals surface area contributed by atoms with E-state index in [0.29, 0.717) is 17.4 Å². The Balaban J connectivity index is 2.41. The molecule has 3 heteroatoms. The van der Waals surface area contributed by atoms with E-state index in [1.54, 1.807) is 6.07 Å². The Kier molecular flexibility index (Phi) is 4.06. The van der Waals surface area contributed by atoms with Crippen LogP contribution in [0, 0.1) is 6.07 Å². The molecule has 0 spiro atoms. The Hall–Kier alpha value is -0.730. The number of hydrogen-bond acceptors (Lipinski definition) is 2. The smallest absolute Gasteiger partial charge is 0.138 e. The van der Waals surface area contributed by atoms with Crippen molar-refractivity contribution in [2.75, 3.05) is 27.2 Å². The van der Waals surface area contributed by atoms with Crippen LogP contribution in [0.2, 0.25) is 5.02 Å². The minimum Gasteiger partial charge on any atom is -0.491 e. The summed E-state index contributed by atoms with van der Waals surface area (Å²) in [4.78, 5) is 2.06. The van der Waals surface area contributed by atoms with Gasteiger partial charge in [-0.2, -0.15) is 0 Å². The Morgan fingerprint density at radius 2 is 2.31 bits per heavy atom. The first-order valence-electron chi connectivity index (χ1n) is 4.14. The summed E-state index contributed by atoms with van der Waals surface area (Å²) in [6.45, 7) is 1.52. The zero-order chi connectivity index (χ0) is 9.68. The average Bonchev–Trinajstić information content (AvgIpc) is 2.08. The van der Waals surface area contributed by atoms with Crippen LogP contribution in [-0.4, -0.2) is 32.1 Å². The SMILES string of the molecule is CN(C)CCOc1ccc[c]c1Cl. The number of benzene rings is 1. The van der Waals surface area contributed by atoms with Crippen LogP contribution in [0.15, 0.2) is 18.2 Å². The summed E-state index contributed by atoms with van der Waals surface area (Å²) in [6, 6.07) is 8.33. The van der Waals surface area contributed by atoms with Crippen molar-refractivity contribution < 1.29 is 4.74 Å². The van der Waals surface area contributed by atoms with Crippen LogP contribution in [0.25, 0.3) is 0 Å². The Labute approximate surface area is 84.1 Å². The Morgan fingerprint density at radius 1 is 1.54 bits per heavy atom. The average molecular weight is 199 g/mol. The van der Waals surface area contributed by atoms with Gasteiger partial charge in [0.1, 0.15) is 12.4 Å². The molecule has 0 N–H and O–H groups in total. The summed E-state index contributed by atoms with van der Waals surface area (Å²) in [5.41, 5.74) is 0. The Bertz CT molecular complexity index is 263. The predicted octanol–water partition coefficient (Wildman–Crippen LogP) is 2.08. The molecule has 1 radical (unpaired) electrons. The molecule has 1 rings (SSSR count). The van der Waals surface area contributed by atoms with Crippen molar-refractivity contribution in [1.29, 1.82) is 0 Å². The number of likely N-dealkylation sites (N-methyl/N-ethyl adjacent to an activating group) is 1. The minimum absolute atomic E-state index is 0.543. The minimum atomic E-state index is 0.543. The zero-order valence-corrected chi connectivity index (χ0v) is 8.64. The van der Waals surface area contributed by atoms with Gasteiger partial charge in [0.25, 0.3) is 0 Å². The lowest BCUT2D eigenvalue weighted by molar-refractivity contribution is 0.261. The highest BCUT2D eigenvalue weighted by atomic mass is 35.5. The first-order valence-corrected chi connectivity index (χ1v) is 4.51. The maximum Gasteiger partial charge on any atom is 0.138 e. The van der Waals surface area contributed by atoms with Crippen molar-refractivity contribution in [2.24, 2.45) is 0 Å². The number of halogens is 1. The van der Waals surface area contributed by atoms with E-state index in [4.69, 9.17) is 16.3 Å². The number of rotatable bonds is 4. The van der Waals surface area contributed by atoms with Gasteiger partial charge in [-0.15, -0.1) is 0 Å². The summed E-state index contributed by atoms with van der Waals surface area (Å²) in [6.07, 6.45) is 0. The molecule has 0 saturated heterocycles. The highest BCUT2D eigenvalue weighted by Gasteiger charge is 1.99. The van der Waals surface area contributed by atoms with Crippen molar-refractivity contribution in [3.05, 3.63) is 29.3 Å². The van der Waals surface area contributed by atoms with Gasteiger partial charge in [0, 0.05) is 12.6 Å². The molecule has 0 atom stereocenters. The quantitative estimate of drug-likeness (QED) is 0.735. The van der Waals surface area contributed by atoms with E-state index >= 15 is 0 Å². The summed E-state index contributed by atoms with van der Waals surface area (Å²) in [5, 5.41) is 0.543. The van der Waals surface area contributed by atoms with Crippen LogP contribution in [0.1, 0.15) is 0 Å². The first-order chi connectivity index (χ1) is 6.20. The van der Waals surface area contributed by atoms with Crippen LogP contribution < -0.4 is 4.74 Å². The van der Waals surface area contributed by atoms with E-state index in [-0.39, 0.29) is 0 Å². The maximum atomic E-state index is 5.85. The van der Waals surface area contributed by atoms with Crippen molar-refractivity contribution in [3.63, 3.8) is 0 Å². The first kappa shape index (κ1) is 10.4. The topological polar surface area (TPSA) is 12.5 Å². The second-order valence-electron chi connectivity index (χ2n) is 3.00. The van der Waals surface area contributed by atoms with Crippen LogP contribution in [-0.2, 0) is 0 Å². The molecule has 0 amide bonds. The number of hydrogen-bond donors (Lipinski definition) is 0. The largest absolute Gasteiger partial charge is 0.491 e. The Morgan fingerprint density at radius 3 is 2.92 bits per heavy atom. The molecule has 1 aromatic carbocycles. The van der Waals surface area contributed by atoms with Gasteiger partial charge in [-0.3, -0.25) is 0 Å². The van der Waals surface area contributed by atoms with Gasteiger partial charge in [-0.1, -0.05) is 23.7 Å². The molecule has 71 valence electrons. The molecular weight excluding hydrogens is 186 g/mol. The van der Waals surface area contributed by atoms with Crippen molar-refractivity contribution in [2.45, 2.75) is 0 Å².